The molecule has 0 amide bonds. The number of unbranched alkanes of at least 4 members (excludes halogenated alkanes) is 2. The van der Waals surface area contributed by atoms with Crippen LogP contribution in [-0.2, 0) is 6.42 Å². The van der Waals surface area contributed by atoms with Crippen LogP contribution in [0.2, 0.25) is 0 Å². The van der Waals surface area contributed by atoms with Crippen LogP contribution in [0, 0.1) is 0 Å². The summed E-state index contributed by atoms with van der Waals surface area (Å²) in [5.74, 6) is 1.51. The van der Waals surface area contributed by atoms with Crippen LogP contribution in [0.25, 0.3) is 0 Å². The number of phenolic OH excluding ortho intramolecular Hbond substituents is 2. The minimum Gasteiger partial charge on any atom is -0.508 e. The molecular weight excluding hydrogens is 266 g/mol. The number of aromatic hydroxyl groups is 2. The van der Waals surface area contributed by atoms with Gasteiger partial charge in [-0.1, -0.05) is 19.8 Å². The van der Waals surface area contributed by atoms with Crippen molar-refractivity contribution in [3.05, 3.63) is 35.9 Å². The van der Waals surface area contributed by atoms with E-state index in [0.717, 1.165) is 42.6 Å². The average Bonchev–Trinajstić information content (AvgIpc) is 2.45. The maximum Gasteiger partial charge on any atom is 0.154 e. The normalized spacial score (nSPS) is 12.0. The number of rotatable bonds is 4. The lowest BCUT2D eigenvalue weighted by Gasteiger charge is -2.24. The third-order valence-corrected chi connectivity index (χ3v) is 3.66. The highest BCUT2D eigenvalue weighted by molar-refractivity contribution is 5.79. The molecule has 4 heteroatoms. The molecule has 0 aliphatic carbocycles. The van der Waals surface area contributed by atoms with E-state index in [4.69, 9.17) is 4.74 Å². The second-order valence-electron chi connectivity index (χ2n) is 5.34. The SMILES string of the molecule is CCCCCc1cc(O)cc2c1Nc1ccc(O)cc1O2. The molecule has 2 aromatic carbocycles. The Balaban J connectivity index is 1.94. The molecule has 3 rings (SSSR count). The number of hydrogen-bond acceptors (Lipinski definition) is 4. The minimum absolute atomic E-state index is 0.155. The predicted molar refractivity (Wildman–Crippen MR) is 82.8 cm³/mol. The third-order valence-electron chi connectivity index (χ3n) is 3.66. The van der Waals surface area contributed by atoms with Gasteiger partial charge in [-0.3, -0.25) is 0 Å². The minimum atomic E-state index is 0.155. The van der Waals surface area contributed by atoms with Crippen molar-refractivity contribution < 1.29 is 14.9 Å². The van der Waals surface area contributed by atoms with E-state index in [1.54, 1.807) is 30.3 Å². The lowest BCUT2D eigenvalue weighted by molar-refractivity contribution is 0.444. The molecule has 21 heavy (non-hydrogen) atoms. The molecule has 1 heterocycles. The predicted octanol–water partition coefficient (Wildman–Crippen LogP) is 4.68. The fraction of sp³-hybridized carbons (Fsp3) is 0.294. The smallest absolute Gasteiger partial charge is 0.154 e. The van der Waals surface area contributed by atoms with Crippen LogP contribution >= 0.6 is 0 Å². The second kappa shape index (κ2) is 5.56. The Morgan fingerprint density at radius 2 is 1.81 bits per heavy atom. The van der Waals surface area contributed by atoms with Gasteiger partial charge in [-0.15, -0.1) is 0 Å². The molecule has 0 bridgehead atoms. The van der Waals surface area contributed by atoms with E-state index in [9.17, 15) is 10.2 Å². The molecule has 0 saturated carbocycles. The van der Waals surface area contributed by atoms with Gasteiger partial charge >= 0.3 is 0 Å². The molecule has 0 unspecified atom stereocenters. The average molecular weight is 285 g/mol. The first-order chi connectivity index (χ1) is 10.2. The summed E-state index contributed by atoms with van der Waals surface area (Å²) in [6.07, 6.45) is 4.30. The topological polar surface area (TPSA) is 61.7 Å². The number of fused-ring (bicyclic) bond motifs is 2. The molecule has 0 aromatic heterocycles. The van der Waals surface area contributed by atoms with Gasteiger partial charge in [0.1, 0.15) is 11.5 Å². The zero-order valence-electron chi connectivity index (χ0n) is 12.0. The van der Waals surface area contributed by atoms with Crippen LogP contribution < -0.4 is 10.1 Å². The standard InChI is InChI=1S/C17H19NO3/c1-2-3-4-5-11-8-13(20)10-16-17(11)18-14-7-6-12(19)9-15(14)21-16/h6-10,18-20H,2-5H2,1H3. The largest absolute Gasteiger partial charge is 0.508 e. The van der Waals surface area contributed by atoms with Gasteiger partial charge in [-0.2, -0.15) is 0 Å². The molecule has 0 fully saturated rings. The van der Waals surface area contributed by atoms with Gasteiger partial charge in [0.15, 0.2) is 11.5 Å². The molecular formula is C17H19NO3. The fourth-order valence-electron chi connectivity index (χ4n) is 2.59. The van der Waals surface area contributed by atoms with Crippen LogP contribution in [0.1, 0.15) is 31.7 Å². The molecule has 110 valence electrons. The van der Waals surface area contributed by atoms with Gasteiger partial charge in [0.05, 0.1) is 11.4 Å². The highest BCUT2D eigenvalue weighted by atomic mass is 16.5. The van der Waals surface area contributed by atoms with Crippen molar-refractivity contribution in [3.8, 4) is 23.0 Å². The molecule has 0 atom stereocenters. The quantitative estimate of drug-likeness (QED) is 0.481. The Morgan fingerprint density at radius 1 is 1.00 bits per heavy atom. The summed E-state index contributed by atoms with van der Waals surface area (Å²) in [6.45, 7) is 2.17. The first kappa shape index (κ1) is 13.6. The summed E-state index contributed by atoms with van der Waals surface area (Å²) in [7, 11) is 0. The first-order valence-electron chi connectivity index (χ1n) is 7.31. The number of phenols is 2. The van der Waals surface area contributed by atoms with E-state index >= 15 is 0 Å². The van der Waals surface area contributed by atoms with Gasteiger partial charge in [-0.05, 0) is 36.6 Å². The van der Waals surface area contributed by atoms with E-state index in [2.05, 4.69) is 12.2 Å². The Morgan fingerprint density at radius 3 is 2.62 bits per heavy atom. The monoisotopic (exact) mass is 285 g/mol. The number of benzene rings is 2. The van der Waals surface area contributed by atoms with Crippen LogP contribution in [0.5, 0.6) is 23.0 Å². The lowest BCUT2D eigenvalue weighted by Crippen LogP contribution is -2.05. The fourth-order valence-corrected chi connectivity index (χ4v) is 2.59. The van der Waals surface area contributed by atoms with E-state index in [-0.39, 0.29) is 11.5 Å². The molecule has 0 radical (unpaired) electrons. The molecule has 4 nitrogen and oxygen atoms in total. The van der Waals surface area contributed by atoms with Crippen LogP contribution in [0.4, 0.5) is 11.4 Å². The van der Waals surface area contributed by atoms with Crippen molar-refractivity contribution in [1.82, 2.24) is 0 Å². The number of anilines is 2. The number of nitrogens with one attached hydrogen (secondary N) is 1. The van der Waals surface area contributed by atoms with E-state index < -0.39 is 0 Å². The zero-order chi connectivity index (χ0) is 14.8. The van der Waals surface area contributed by atoms with Crippen molar-refractivity contribution in [2.45, 2.75) is 32.6 Å². The summed E-state index contributed by atoms with van der Waals surface area (Å²) in [5.41, 5.74) is 2.78. The molecule has 1 aliphatic heterocycles. The van der Waals surface area contributed by atoms with Gasteiger partial charge in [0, 0.05) is 12.1 Å². The summed E-state index contributed by atoms with van der Waals surface area (Å²) in [6, 6.07) is 8.36. The van der Waals surface area contributed by atoms with Gasteiger partial charge in [-0.25, -0.2) is 0 Å². The maximum absolute atomic E-state index is 9.87. The highest BCUT2D eigenvalue weighted by Crippen LogP contribution is 2.46. The van der Waals surface area contributed by atoms with E-state index in [1.807, 2.05) is 0 Å². The summed E-state index contributed by atoms with van der Waals surface area (Å²) in [4.78, 5) is 0. The van der Waals surface area contributed by atoms with E-state index in [1.165, 1.54) is 0 Å². The van der Waals surface area contributed by atoms with Crippen molar-refractivity contribution >= 4 is 11.4 Å². The molecule has 0 saturated heterocycles. The number of ether oxygens (including phenoxy) is 1. The van der Waals surface area contributed by atoms with Crippen molar-refractivity contribution in [3.63, 3.8) is 0 Å². The zero-order valence-corrected chi connectivity index (χ0v) is 12.0. The van der Waals surface area contributed by atoms with E-state index in [0.29, 0.717) is 11.5 Å². The third kappa shape index (κ3) is 2.75. The van der Waals surface area contributed by atoms with Crippen molar-refractivity contribution in [1.29, 1.82) is 0 Å². The maximum atomic E-state index is 9.87. The van der Waals surface area contributed by atoms with Crippen LogP contribution in [-0.4, -0.2) is 10.2 Å². The Bertz CT molecular complexity index is 667. The Kier molecular flexibility index (Phi) is 3.60. The second-order valence-corrected chi connectivity index (χ2v) is 5.34. The molecule has 3 N–H and O–H groups in total. The summed E-state index contributed by atoms with van der Waals surface area (Å²) < 4.78 is 5.80. The van der Waals surface area contributed by atoms with Crippen molar-refractivity contribution in [2.75, 3.05) is 5.32 Å². The van der Waals surface area contributed by atoms with Gasteiger partial charge in [0.25, 0.3) is 0 Å². The van der Waals surface area contributed by atoms with Crippen LogP contribution in [0.3, 0.4) is 0 Å². The van der Waals surface area contributed by atoms with Crippen LogP contribution in [0.15, 0.2) is 30.3 Å². The van der Waals surface area contributed by atoms with Crippen molar-refractivity contribution in [2.24, 2.45) is 0 Å². The molecule has 0 spiro atoms. The first-order valence-corrected chi connectivity index (χ1v) is 7.31. The molecule has 1 aliphatic rings. The summed E-state index contributed by atoms with van der Waals surface area (Å²) in [5, 5.41) is 22.7. The summed E-state index contributed by atoms with van der Waals surface area (Å²) >= 11 is 0. The number of aryl methyl sites for hydroxylation is 1. The Labute approximate surface area is 124 Å². The lowest BCUT2D eigenvalue weighted by atomic mass is 10.0. The van der Waals surface area contributed by atoms with Gasteiger partial charge < -0.3 is 20.3 Å². The number of hydrogen-bond donors (Lipinski definition) is 3. The Hall–Kier alpha value is -2.36. The molecule has 2 aromatic rings. The highest BCUT2D eigenvalue weighted by Gasteiger charge is 2.20. The van der Waals surface area contributed by atoms with Gasteiger partial charge in [0.2, 0.25) is 0 Å².